The first kappa shape index (κ1) is 19.8. The summed E-state index contributed by atoms with van der Waals surface area (Å²) in [5.74, 6) is 1.61. The van der Waals surface area contributed by atoms with E-state index in [1.807, 2.05) is 48.9 Å². The lowest BCUT2D eigenvalue weighted by atomic mass is 10.1. The van der Waals surface area contributed by atoms with E-state index in [2.05, 4.69) is 22.3 Å². The van der Waals surface area contributed by atoms with E-state index in [4.69, 9.17) is 4.52 Å². The summed E-state index contributed by atoms with van der Waals surface area (Å²) < 4.78 is 31.0. The molecule has 2 atom stereocenters. The highest BCUT2D eigenvalue weighted by Crippen LogP contribution is 2.26. The number of hydrogen-bond donors (Lipinski definition) is 1. The molecule has 1 saturated heterocycles. The van der Waals surface area contributed by atoms with Crippen molar-refractivity contribution in [3.8, 4) is 11.4 Å². The highest BCUT2D eigenvalue weighted by atomic mass is 32.2. The van der Waals surface area contributed by atoms with Crippen LogP contribution >= 0.6 is 0 Å². The number of sulfone groups is 1. The van der Waals surface area contributed by atoms with Crippen molar-refractivity contribution in [1.29, 1.82) is 0 Å². The highest BCUT2D eigenvalue weighted by molar-refractivity contribution is 7.91. The Morgan fingerprint density at radius 2 is 1.97 bits per heavy atom. The zero-order valence-corrected chi connectivity index (χ0v) is 17.7. The van der Waals surface area contributed by atoms with E-state index < -0.39 is 9.84 Å². The number of quaternary nitrogens is 1. The van der Waals surface area contributed by atoms with Gasteiger partial charge < -0.3 is 9.42 Å². The van der Waals surface area contributed by atoms with Gasteiger partial charge in [-0.3, -0.25) is 4.68 Å². The minimum atomic E-state index is -2.94. The summed E-state index contributed by atoms with van der Waals surface area (Å²) >= 11 is 0. The van der Waals surface area contributed by atoms with E-state index in [1.54, 1.807) is 0 Å². The summed E-state index contributed by atoms with van der Waals surface area (Å²) in [7, 11) is -0.870. The van der Waals surface area contributed by atoms with Crippen LogP contribution in [-0.4, -0.2) is 46.9 Å². The summed E-state index contributed by atoms with van der Waals surface area (Å²) in [5, 5.41) is 8.73. The number of nitrogens with zero attached hydrogens (tertiary/aromatic N) is 4. The van der Waals surface area contributed by atoms with Crippen molar-refractivity contribution in [2.24, 2.45) is 0 Å². The standard InChI is InChI=1S/C20H25N5O3S/c1-14-18(15(2)25(22-14)17-9-10-29(26,27)13-17)11-24(3)12-19-21-20(23-28-19)16-7-5-4-6-8-16/h4-8,17H,9-13H2,1-3H3/p+1/t17-/m0/s1. The average molecular weight is 417 g/mol. The maximum Gasteiger partial charge on any atom is 0.282 e. The molecule has 154 valence electrons. The molecule has 0 bridgehead atoms. The molecule has 1 aliphatic rings. The molecule has 3 aromatic rings. The molecule has 2 aromatic heterocycles. The van der Waals surface area contributed by atoms with Gasteiger partial charge in [-0.1, -0.05) is 35.5 Å². The van der Waals surface area contributed by atoms with Crippen LogP contribution in [0.15, 0.2) is 34.9 Å². The maximum atomic E-state index is 11.8. The lowest BCUT2D eigenvalue weighted by molar-refractivity contribution is -0.909. The third-order valence-electron chi connectivity index (χ3n) is 5.46. The van der Waals surface area contributed by atoms with Crippen LogP contribution in [0.2, 0.25) is 0 Å². The van der Waals surface area contributed by atoms with Crippen molar-refractivity contribution in [1.82, 2.24) is 19.9 Å². The fourth-order valence-corrected chi connectivity index (χ4v) is 5.62. The van der Waals surface area contributed by atoms with Gasteiger partial charge in [0, 0.05) is 11.3 Å². The van der Waals surface area contributed by atoms with Crippen LogP contribution in [0.1, 0.15) is 35.3 Å². The zero-order chi connectivity index (χ0) is 20.6. The molecule has 0 saturated carbocycles. The molecule has 29 heavy (non-hydrogen) atoms. The predicted molar refractivity (Wildman–Crippen MR) is 108 cm³/mol. The third kappa shape index (κ3) is 4.25. The fourth-order valence-electron chi connectivity index (χ4n) is 3.93. The normalized spacial score (nSPS) is 19.5. The number of aryl methyl sites for hydroxylation is 1. The van der Waals surface area contributed by atoms with Gasteiger partial charge in [0.15, 0.2) is 16.4 Å². The van der Waals surface area contributed by atoms with Gasteiger partial charge >= 0.3 is 0 Å². The van der Waals surface area contributed by atoms with Crippen LogP contribution in [0.5, 0.6) is 0 Å². The topological polar surface area (TPSA) is 95.3 Å². The molecular weight excluding hydrogens is 390 g/mol. The van der Waals surface area contributed by atoms with E-state index in [-0.39, 0.29) is 17.5 Å². The van der Waals surface area contributed by atoms with E-state index in [1.165, 1.54) is 4.90 Å². The molecule has 0 aliphatic carbocycles. The number of hydrogen-bond acceptors (Lipinski definition) is 6. The first-order chi connectivity index (χ1) is 13.8. The smallest absolute Gasteiger partial charge is 0.282 e. The molecule has 1 fully saturated rings. The first-order valence-electron chi connectivity index (χ1n) is 9.77. The molecule has 3 heterocycles. The van der Waals surface area contributed by atoms with Crippen LogP contribution in [-0.2, 0) is 22.9 Å². The summed E-state index contributed by atoms with van der Waals surface area (Å²) in [5.41, 5.74) is 4.07. The van der Waals surface area contributed by atoms with Crippen molar-refractivity contribution < 1.29 is 17.8 Å². The van der Waals surface area contributed by atoms with Gasteiger partial charge in [0.05, 0.1) is 35.9 Å². The summed E-state index contributed by atoms with van der Waals surface area (Å²) in [6, 6.07) is 9.69. The Kier molecular flexibility index (Phi) is 5.26. The highest BCUT2D eigenvalue weighted by Gasteiger charge is 2.32. The minimum absolute atomic E-state index is 0.0582. The monoisotopic (exact) mass is 416 g/mol. The molecule has 1 aromatic carbocycles. The maximum absolute atomic E-state index is 11.8. The van der Waals surface area contributed by atoms with Gasteiger partial charge in [0.1, 0.15) is 6.54 Å². The molecule has 4 rings (SSSR count). The van der Waals surface area contributed by atoms with E-state index in [0.717, 1.165) is 29.1 Å². The SMILES string of the molecule is Cc1nn([C@H]2CCS(=O)(=O)C2)c(C)c1C[NH+](C)Cc1nc(-c2ccccc2)no1. The van der Waals surface area contributed by atoms with E-state index >= 15 is 0 Å². The van der Waals surface area contributed by atoms with Crippen molar-refractivity contribution >= 4 is 9.84 Å². The van der Waals surface area contributed by atoms with Crippen LogP contribution < -0.4 is 4.90 Å². The number of benzene rings is 1. The Balaban J connectivity index is 1.45. The lowest BCUT2D eigenvalue weighted by Crippen LogP contribution is -3.06. The summed E-state index contributed by atoms with van der Waals surface area (Å²) in [6.07, 6.45) is 0.636. The largest absolute Gasteiger partial charge is 0.333 e. The molecular formula is C20H26N5O3S+. The molecule has 1 N–H and O–H groups in total. The Morgan fingerprint density at radius 3 is 2.66 bits per heavy atom. The number of aromatic nitrogens is 4. The molecule has 0 radical (unpaired) electrons. The van der Waals surface area contributed by atoms with Crippen molar-refractivity contribution in [3.05, 3.63) is 53.2 Å². The van der Waals surface area contributed by atoms with E-state index in [9.17, 15) is 8.42 Å². The Hall–Kier alpha value is -2.52. The van der Waals surface area contributed by atoms with Crippen LogP contribution in [0.4, 0.5) is 0 Å². The molecule has 9 heteroatoms. The van der Waals surface area contributed by atoms with Crippen LogP contribution in [0.25, 0.3) is 11.4 Å². The van der Waals surface area contributed by atoms with Gasteiger partial charge in [-0.2, -0.15) is 10.1 Å². The van der Waals surface area contributed by atoms with Crippen molar-refractivity contribution in [3.63, 3.8) is 0 Å². The Labute approximate surface area is 170 Å². The second-order valence-corrected chi connectivity index (χ2v) is 10.1. The van der Waals surface area contributed by atoms with Gasteiger partial charge in [0.25, 0.3) is 5.89 Å². The molecule has 1 aliphatic heterocycles. The quantitative estimate of drug-likeness (QED) is 0.647. The summed E-state index contributed by atoms with van der Waals surface area (Å²) in [6.45, 7) is 5.35. The number of nitrogens with one attached hydrogen (secondary N) is 1. The van der Waals surface area contributed by atoms with Crippen molar-refractivity contribution in [2.45, 2.75) is 39.4 Å². The van der Waals surface area contributed by atoms with Gasteiger partial charge in [-0.25, -0.2) is 8.42 Å². The molecule has 0 spiro atoms. The second kappa shape index (κ2) is 7.72. The lowest BCUT2D eigenvalue weighted by Gasteiger charge is -2.14. The van der Waals surface area contributed by atoms with Crippen LogP contribution in [0.3, 0.4) is 0 Å². The first-order valence-corrected chi connectivity index (χ1v) is 11.6. The van der Waals surface area contributed by atoms with Gasteiger partial charge in [-0.05, 0) is 20.3 Å². The van der Waals surface area contributed by atoms with Gasteiger partial charge in [0.2, 0.25) is 5.82 Å². The Morgan fingerprint density at radius 1 is 1.21 bits per heavy atom. The average Bonchev–Trinajstić information content (AvgIpc) is 3.36. The van der Waals surface area contributed by atoms with E-state index in [0.29, 0.717) is 24.7 Å². The number of rotatable bonds is 6. The minimum Gasteiger partial charge on any atom is -0.333 e. The van der Waals surface area contributed by atoms with Crippen LogP contribution in [0, 0.1) is 13.8 Å². The zero-order valence-electron chi connectivity index (χ0n) is 16.9. The molecule has 0 amide bonds. The van der Waals surface area contributed by atoms with Crippen molar-refractivity contribution in [2.75, 3.05) is 18.6 Å². The molecule has 1 unspecified atom stereocenters. The second-order valence-electron chi connectivity index (χ2n) is 7.84. The Bertz CT molecular complexity index is 1100. The summed E-state index contributed by atoms with van der Waals surface area (Å²) in [4.78, 5) is 5.70. The molecule has 8 nitrogen and oxygen atoms in total. The predicted octanol–water partition coefficient (Wildman–Crippen LogP) is 1.12. The fraction of sp³-hybridized carbons (Fsp3) is 0.450. The van der Waals surface area contributed by atoms with Gasteiger partial charge in [-0.15, -0.1) is 0 Å². The third-order valence-corrected chi connectivity index (χ3v) is 7.21.